The first-order valence-corrected chi connectivity index (χ1v) is 7.86. The lowest BCUT2D eigenvalue weighted by atomic mass is 10.1. The van der Waals surface area contributed by atoms with E-state index in [0.29, 0.717) is 6.61 Å². The number of thiophene rings is 1. The van der Waals surface area contributed by atoms with Gasteiger partial charge in [-0.3, -0.25) is 0 Å². The van der Waals surface area contributed by atoms with Crippen molar-refractivity contribution in [3.05, 3.63) is 50.6 Å². The molecule has 0 aliphatic carbocycles. The van der Waals surface area contributed by atoms with Gasteiger partial charge in [0.1, 0.15) is 5.75 Å². The molecule has 0 aliphatic heterocycles. The summed E-state index contributed by atoms with van der Waals surface area (Å²) in [6, 6.07) is 12.3. The molecule has 2 rings (SSSR count). The summed E-state index contributed by atoms with van der Waals surface area (Å²) in [4.78, 5) is 1.45. The number of hydrogen-bond acceptors (Lipinski definition) is 2. The maximum Gasteiger partial charge on any atom is 0.123 e. The minimum atomic E-state index is 0.182. The van der Waals surface area contributed by atoms with Crippen molar-refractivity contribution in [1.82, 2.24) is 0 Å². The second-order valence-electron chi connectivity index (χ2n) is 3.48. The summed E-state index contributed by atoms with van der Waals surface area (Å²) in [5.74, 6) is 0.946. The molecule has 0 amide bonds. The van der Waals surface area contributed by atoms with Gasteiger partial charge in [0.2, 0.25) is 0 Å². The lowest BCUT2D eigenvalue weighted by Gasteiger charge is -2.13. The highest BCUT2D eigenvalue weighted by atomic mass is 79.9. The van der Waals surface area contributed by atoms with E-state index >= 15 is 0 Å². The van der Waals surface area contributed by atoms with Crippen molar-refractivity contribution in [2.45, 2.75) is 11.8 Å². The van der Waals surface area contributed by atoms with Crippen molar-refractivity contribution < 1.29 is 4.74 Å². The fourth-order valence-corrected chi connectivity index (χ4v) is 3.83. The average Bonchev–Trinajstić information content (AvgIpc) is 2.76. The standard InChI is InChI=1S/C13H12Br2OS/c1-2-16-10-6-4-3-5-9(10)13(15)11-7-8-12(14)17-11/h3-8,13H,2H2,1H3. The molecular weight excluding hydrogens is 364 g/mol. The van der Waals surface area contributed by atoms with Gasteiger partial charge in [-0.05, 0) is 41.1 Å². The molecule has 0 N–H and O–H groups in total. The third-order valence-electron chi connectivity index (χ3n) is 2.34. The van der Waals surface area contributed by atoms with Gasteiger partial charge in [-0.2, -0.15) is 0 Å². The number of halogens is 2. The number of ether oxygens (including phenoxy) is 1. The van der Waals surface area contributed by atoms with E-state index in [2.05, 4.69) is 50.1 Å². The van der Waals surface area contributed by atoms with Crippen molar-refractivity contribution in [1.29, 1.82) is 0 Å². The summed E-state index contributed by atoms with van der Waals surface area (Å²) in [6.07, 6.45) is 0. The van der Waals surface area contributed by atoms with E-state index < -0.39 is 0 Å². The van der Waals surface area contributed by atoms with Gasteiger partial charge >= 0.3 is 0 Å². The zero-order valence-electron chi connectivity index (χ0n) is 9.32. The van der Waals surface area contributed by atoms with Gasteiger partial charge < -0.3 is 4.74 Å². The molecule has 1 unspecified atom stereocenters. The Kier molecular flexibility index (Phi) is 4.65. The molecule has 0 spiro atoms. The Bertz CT molecular complexity index is 496. The molecule has 0 bridgehead atoms. The lowest BCUT2D eigenvalue weighted by molar-refractivity contribution is 0.337. The first-order chi connectivity index (χ1) is 8.22. The fraction of sp³-hybridized carbons (Fsp3) is 0.231. The molecule has 0 saturated carbocycles. The molecule has 1 aromatic heterocycles. The van der Waals surface area contributed by atoms with E-state index in [1.807, 2.05) is 25.1 Å². The van der Waals surface area contributed by atoms with Gasteiger partial charge in [0.25, 0.3) is 0 Å². The van der Waals surface area contributed by atoms with Crippen LogP contribution in [0.4, 0.5) is 0 Å². The Morgan fingerprint density at radius 2 is 2.00 bits per heavy atom. The van der Waals surface area contributed by atoms with Gasteiger partial charge in [-0.25, -0.2) is 0 Å². The molecule has 90 valence electrons. The minimum Gasteiger partial charge on any atom is -0.494 e. The monoisotopic (exact) mass is 374 g/mol. The number of rotatable bonds is 4. The average molecular weight is 376 g/mol. The number of para-hydroxylation sites is 1. The largest absolute Gasteiger partial charge is 0.494 e. The van der Waals surface area contributed by atoms with Crippen LogP contribution in [0.1, 0.15) is 22.2 Å². The fourth-order valence-electron chi connectivity index (χ4n) is 1.59. The number of hydrogen-bond donors (Lipinski definition) is 0. The third-order valence-corrected chi connectivity index (χ3v) is 5.31. The predicted octanol–water partition coefficient (Wildman–Crippen LogP) is 5.39. The molecule has 0 saturated heterocycles. The third kappa shape index (κ3) is 3.12. The summed E-state index contributed by atoms with van der Waals surface area (Å²) in [5, 5.41) is 0. The summed E-state index contributed by atoms with van der Waals surface area (Å²) in [5.41, 5.74) is 1.17. The zero-order valence-corrected chi connectivity index (χ0v) is 13.3. The van der Waals surface area contributed by atoms with E-state index in [4.69, 9.17) is 4.74 Å². The second-order valence-corrected chi connectivity index (χ2v) is 6.89. The van der Waals surface area contributed by atoms with Crippen molar-refractivity contribution >= 4 is 43.2 Å². The first-order valence-electron chi connectivity index (χ1n) is 5.33. The highest BCUT2D eigenvalue weighted by Gasteiger charge is 2.16. The molecule has 0 radical (unpaired) electrons. The van der Waals surface area contributed by atoms with Crippen LogP contribution < -0.4 is 4.74 Å². The number of benzene rings is 1. The Morgan fingerprint density at radius 1 is 1.24 bits per heavy atom. The summed E-state index contributed by atoms with van der Waals surface area (Å²) >= 11 is 8.96. The molecule has 1 atom stereocenters. The molecule has 17 heavy (non-hydrogen) atoms. The highest BCUT2D eigenvalue weighted by Crippen LogP contribution is 2.40. The van der Waals surface area contributed by atoms with Crippen molar-refractivity contribution in [3.63, 3.8) is 0 Å². The quantitative estimate of drug-likeness (QED) is 0.650. The normalized spacial score (nSPS) is 12.4. The zero-order chi connectivity index (χ0) is 12.3. The van der Waals surface area contributed by atoms with E-state index in [1.165, 1.54) is 10.4 Å². The molecule has 0 aliphatic rings. The molecule has 0 fully saturated rings. The molecule has 1 heterocycles. The number of alkyl halides is 1. The molecule has 1 nitrogen and oxygen atoms in total. The van der Waals surface area contributed by atoms with Gasteiger partial charge in [-0.1, -0.05) is 34.1 Å². The Morgan fingerprint density at radius 3 is 2.65 bits per heavy atom. The first kappa shape index (κ1) is 13.1. The van der Waals surface area contributed by atoms with Crippen LogP contribution in [0.15, 0.2) is 40.2 Å². The van der Waals surface area contributed by atoms with Crippen molar-refractivity contribution in [2.75, 3.05) is 6.61 Å². The van der Waals surface area contributed by atoms with Crippen LogP contribution in [0.5, 0.6) is 5.75 Å². The summed E-state index contributed by atoms with van der Waals surface area (Å²) in [7, 11) is 0. The van der Waals surface area contributed by atoms with Crippen molar-refractivity contribution in [2.24, 2.45) is 0 Å². The lowest BCUT2D eigenvalue weighted by Crippen LogP contribution is -1.98. The van der Waals surface area contributed by atoms with Crippen LogP contribution in [-0.2, 0) is 0 Å². The minimum absolute atomic E-state index is 0.182. The predicted molar refractivity (Wildman–Crippen MR) is 80.4 cm³/mol. The van der Waals surface area contributed by atoms with E-state index in [9.17, 15) is 0 Å². The Labute approximate surface area is 122 Å². The van der Waals surface area contributed by atoms with Crippen LogP contribution in [0.25, 0.3) is 0 Å². The maximum atomic E-state index is 5.65. The van der Waals surface area contributed by atoms with E-state index in [1.54, 1.807) is 11.3 Å². The van der Waals surface area contributed by atoms with Crippen LogP contribution in [0, 0.1) is 0 Å². The molecular formula is C13H12Br2OS. The summed E-state index contributed by atoms with van der Waals surface area (Å²) < 4.78 is 6.79. The molecule has 1 aromatic carbocycles. The summed E-state index contributed by atoms with van der Waals surface area (Å²) in [6.45, 7) is 2.69. The Hall–Kier alpha value is -0.320. The van der Waals surface area contributed by atoms with Crippen LogP contribution >= 0.6 is 43.2 Å². The van der Waals surface area contributed by atoms with Gasteiger partial charge in [0.15, 0.2) is 0 Å². The van der Waals surface area contributed by atoms with Gasteiger partial charge in [0, 0.05) is 10.4 Å². The van der Waals surface area contributed by atoms with Crippen LogP contribution in [0.3, 0.4) is 0 Å². The highest BCUT2D eigenvalue weighted by molar-refractivity contribution is 9.11. The van der Waals surface area contributed by atoms with E-state index in [-0.39, 0.29) is 4.83 Å². The van der Waals surface area contributed by atoms with Gasteiger partial charge in [-0.15, -0.1) is 11.3 Å². The SMILES string of the molecule is CCOc1ccccc1C(Br)c1ccc(Br)s1. The van der Waals surface area contributed by atoms with Crippen molar-refractivity contribution in [3.8, 4) is 5.75 Å². The molecule has 2 aromatic rings. The second kappa shape index (κ2) is 6.03. The Balaban J connectivity index is 2.33. The smallest absolute Gasteiger partial charge is 0.123 e. The van der Waals surface area contributed by atoms with E-state index in [0.717, 1.165) is 9.54 Å². The van der Waals surface area contributed by atoms with Crippen LogP contribution in [-0.4, -0.2) is 6.61 Å². The van der Waals surface area contributed by atoms with Crippen LogP contribution in [0.2, 0.25) is 0 Å². The van der Waals surface area contributed by atoms with Gasteiger partial charge in [0.05, 0.1) is 15.2 Å². The topological polar surface area (TPSA) is 9.23 Å². The maximum absolute atomic E-state index is 5.65. The molecule has 4 heteroatoms.